The number of carbonyl (C=O) groups is 1. The normalized spacial score (nSPS) is 13.6. The third-order valence-electron chi connectivity index (χ3n) is 3.30. The Kier molecular flexibility index (Phi) is 5.01. The van der Waals surface area contributed by atoms with Crippen molar-refractivity contribution in [3.05, 3.63) is 36.4 Å². The number of carbonyl (C=O) groups excluding carboxylic acids is 1. The minimum atomic E-state index is 0.0917. The first-order valence-electron chi connectivity index (χ1n) is 6.96. The van der Waals surface area contributed by atoms with Gasteiger partial charge >= 0.3 is 0 Å². The summed E-state index contributed by atoms with van der Waals surface area (Å²) < 4.78 is 5.71. The minimum Gasteiger partial charge on any atom is -0.494 e. The summed E-state index contributed by atoms with van der Waals surface area (Å²) in [5.41, 5.74) is 2.10. The van der Waals surface area contributed by atoms with Crippen molar-refractivity contribution in [2.45, 2.75) is 38.5 Å². The first kappa shape index (κ1) is 13.7. The van der Waals surface area contributed by atoms with Crippen LogP contribution in [0.15, 0.2) is 30.9 Å². The lowest BCUT2D eigenvalue weighted by Crippen LogP contribution is -2.18. The molecule has 19 heavy (non-hydrogen) atoms. The van der Waals surface area contributed by atoms with Gasteiger partial charge in [-0.3, -0.25) is 4.79 Å². The van der Waals surface area contributed by atoms with E-state index in [1.165, 1.54) is 12.0 Å². The van der Waals surface area contributed by atoms with Crippen LogP contribution in [0.3, 0.4) is 0 Å². The molecule has 102 valence electrons. The second kappa shape index (κ2) is 6.98. The van der Waals surface area contributed by atoms with Crippen molar-refractivity contribution in [1.82, 2.24) is 0 Å². The highest BCUT2D eigenvalue weighted by molar-refractivity contribution is 5.94. The minimum absolute atomic E-state index is 0.0917. The first-order valence-corrected chi connectivity index (χ1v) is 6.96. The Labute approximate surface area is 114 Å². The molecule has 1 aromatic rings. The number of amides is 1. The summed E-state index contributed by atoms with van der Waals surface area (Å²) in [5, 5.41) is 2.89. The van der Waals surface area contributed by atoms with E-state index in [1.807, 2.05) is 24.3 Å². The molecule has 0 bridgehead atoms. The highest BCUT2D eigenvalue weighted by atomic mass is 16.5. The van der Waals surface area contributed by atoms with Crippen molar-refractivity contribution in [1.29, 1.82) is 0 Å². The van der Waals surface area contributed by atoms with Gasteiger partial charge in [0.1, 0.15) is 5.75 Å². The second-order valence-electron chi connectivity index (χ2n) is 4.85. The molecule has 1 N–H and O–H groups in total. The monoisotopic (exact) mass is 259 g/mol. The summed E-state index contributed by atoms with van der Waals surface area (Å²) in [6, 6.07) is 5.96. The number of hydrogen-bond acceptors (Lipinski definition) is 2. The molecule has 0 unspecified atom stereocenters. The van der Waals surface area contributed by atoms with Gasteiger partial charge in [0.25, 0.3) is 0 Å². The van der Waals surface area contributed by atoms with Crippen molar-refractivity contribution in [3.8, 4) is 5.75 Å². The number of nitrogens with one attached hydrogen (secondary N) is 1. The molecule has 0 aromatic heterocycles. The molecule has 2 rings (SSSR count). The number of ether oxygens (including phenoxy) is 1. The van der Waals surface area contributed by atoms with E-state index in [-0.39, 0.29) is 5.91 Å². The van der Waals surface area contributed by atoms with Gasteiger partial charge in [-0.1, -0.05) is 12.1 Å². The average molecular weight is 259 g/mol. The van der Waals surface area contributed by atoms with Crippen molar-refractivity contribution >= 4 is 11.6 Å². The Hall–Kier alpha value is -1.77. The third kappa shape index (κ3) is 4.12. The predicted molar refractivity (Wildman–Crippen MR) is 77.6 cm³/mol. The van der Waals surface area contributed by atoms with Gasteiger partial charge in [-0.25, -0.2) is 0 Å². The molecule has 1 aliphatic heterocycles. The number of rotatable bonds is 7. The molecule has 1 amide bonds. The van der Waals surface area contributed by atoms with Gasteiger partial charge in [0, 0.05) is 18.2 Å². The highest BCUT2D eigenvalue weighted by Crippen LogP contribution is 2.27. The van der Waals surface area contributed by atoms with E-state index in [0.717, 1.165) is 43.7 Å². The lowest BCUT2D eigenvalue weighted by Gasteiger charge is -2.17. The van der Waals surface area contributed by atoms with Crippen molar-refractivity contribution in [2.75, 3.05) is 11.9 Å². The third-order valence-corrected chi connectivity index (χ3v) is 3.30. The van der Waals surface area contributed by atoms with Gasteiger partial charge in [0.2, 0.25) is 5.91 Å². The Balaban J connectivity index is 1.79. The Morgan fingerprint density at radius 1 is 1.26 bits per heavy atom. The number of anilines is 1. The van der Waals surface area contributed by atoms with E-state index >= 15 is 0 Å². The molecule has 0 saturated heterocycles. The maximum absolute atomic E-state index is 11.3. The van der Waals surface area contributed by atoms with Crippen LogP contribution in [-0.4, -0.2) is 12.5 Å². The fraction of sp³-hybridized carbons (Fsp3) is 0.438. The quantitative estimate of drug-likeness (QED) is 0.599. The van der Waals surface area contributed by atoms with Gasteiger partial charge in [-0.2, -0.15) is 0 Å². The summed E-state index contributed by atoms with van der Waals surface area (Å²) >= 11 is 0. The molecular formula is C16H21NO2. The largest absolute Gasteiger partial charge is 0.494 e. The molecule has 0 aliphatic carbocycles. The van der Waals surface area contributed by atoms with E-state index in [9.17, 15) is 4.79 Å². The Bertz CT molecular complexity index is 454. The van der Waals surface area contributed by atoms with E-state index in [2.05, 4.69) is 11.9 Å². The SMILES string of the molecule is C=CCCCCCOc1ccc2c(c1)NC(=O)CC2. The lowest BCUT2D eigenvalue weighted by molar-refractivity contribution is -0.116. The summed E-state index contributed by atoms with van der Waals surface area (Å²) in [5.74, 6) is 0.929. The summed E-state index contributed by atoms with van der Waals surface area (Å²) in [7, 11) is 0. The summed E-state index contributed by atoms with van der Waals surface area (Å²) in [6.07, 6.45) is 7.81. The van der Waals surface area contributed by atoms with E-state index in [4.69, 9.17) is 4.74 Å². The highest BCUT2D eigenvalue weighted by Gasteiger charge is 2.14. The number of benzene rings is 1. The maximum atomic E-state index is 11.3. The standard InChI is InChI=1S/C16H21NO2/c1-2-3-4-5-6-11-19-14-9-7-13-8-10-16(18)17-15(13)12-14/h2,7,9,12H,1,3-6,8,10-11H2,(H,17,18). The lowest BCUT2D eigenvalue weighted by atomic mass is 10.0. The van der Waals surface area contributed by atoms with Crippen LogP contribution in [0.5, 0.6) is 5.75 Å². The van der Waals surface area contributed by atoms with Crippen LogP contribution < -0.4 is 10.1 Å². The number of allylic oxidation sites excluding steroid dienone is 1. The second-order valence-corrected chi connectivity index (χ2v) is 4.85. The van der Waals surface area contributed by atoms with Crippen molar-refractivity contribution < 1.29 is 9.53 Å². The zero-order valence-corrected chi connectivity index (χ0v) is 11.3. The van der Waals surface area contributed by atoms with Gasteiger partial charge in [0.05, 0.1) is 6.61 Å². The van der Waals surface area contributed by atoms with Gasteiger partial charge < -0.3 is 10.1 Å². The van der Waals surface area contributed by atoms with Crippen molar-refractivity contribution in [3.63, 3.8) is 0 Å². The number of hydrogen-bond donors (Lipinski definition) is 1. The summed E-state index contributed by atoms with van der Waals surface area (Å²) in [6.45, 7) is 4.43. The molecule has 0 fully saturated rings. The molecule has 3 nitrogen and oxygen atoms in total. The molecule has 0 radical (unpaired) electrons. The maximum Gasteiger partial charge on any atom is 0.224 e. The number of aryl methyl sites for hydroxylation is 1. The van der Waals surface area contributed by atoms with E-state index in [0.29, 0.717) is 6.42 Å². The molecule has 0 saturated carbocycles. The predicted octanol–water partition coefficient (Wildman–Crippen LogP) is 3.70. The molecule has 1 aromatic carbocycles. The average Bonchev–Trinajstić information content (AvgIpc) is 2.42. The van der Waals surface area contributed by atoms with Crippen LogP contribution >= 0.6 is 0 Å². The fourth-order valence-electron chi connectivity index (χ4n) is 2.20. The van der Waals surface area contributed by atoms with Gasteiger partial charge in [-0.05, 0) is 43.7 Å². The van der Waals surface area contributed by atoms with E-state index < -0.39 is 0 Å². The van der Waals surface area contributed by atoms with Crippen LogP contribution in [0.2, 0.25) is 0 Å². The molecule has 3 heteroatoms. The van der Waals surface area contributed by atoms with Crippen LogP contribution in [0.1, 0.15) is 37.7 Å². The topological polar surface area (TPSA) is 38.3 Å². The van der Waals surface area contributed by atoms with Gasteiger partial charge in [-0.15, -0.1) is 6.58 Å². The zero-order valence-electron chi connectivity index (χ0n) is 11.3. The molecule has 1 heterocycles. The smallest absolute Gasteiger partial charge is 0.224 e. The van der Waals surface area contributed by atoms with Crippen LogP contribution in [-0.2, 0) is 11.2 Å². The molecular weight excluding hydrogens is 238 g/mol. The van der Waals surface area contributed by atoms with E-state index in [1.54, 1.807) is 0 Å². The molecule has 1 aliphatic rings. The molecule has 0 spiro atoms. The van der Waals surface area contributed by atoms with Gasteiger partial charge in [0.15, 0.2) is 0 Å². The fourth-order valence-corrected chi connectivity index (χ4v) is 2.20. The van der Waals surface area contributed by atoms with Crippen LogP contribution in [0.4, 0.5) is 5.69 Å². The molecule has 0 atom stereocenters. The van der Waals surface area contributed by atoms with Crippen LogP contribution in [0.25, 0.3) is 0 Å². The first-order chi connectivity index (χ1) is 9.29. The summed E-state index contributed by atoms with van der Waals surface area (Å²) in [4.78, 5) is 11.3. The number of unbranched alkanes of at least 4 members (excludes halogenated alkanes) is 3. The Morgan fingerprint density at radius 3 is 3.00 bits per heavy atom. The Morgan fingerprint density at radius 2 is 2.16 bits per heavy atom. The number of fused-ring (bicyclic) bond motifs is 1. The van der Waals surface area contributed by atoms with Crippen LogP contribution in [0, 0.1) is 0 Å². The zero-order chi connectivity index (χ0) is 13.5. The van der Waals surface area contributed by atoms with Crippen molar-refractivity contribution in [2.24, 2.45) is 0 Å².